The van der Waals surface area contributed by atoms with Crippen LogP contribution in [0.5, 0.6) is 0 Å². The predicted octanol–water partition coefficient (Wildman–Crippen LogP) is 3.44. The molecule has 3 nitrogen and oxygen atoms in total. The lowest BCUT2D eigenvalue weighted by Gasteiger charge is -2.24. The third-order valence-electron chi connectivity index (χ3n) is 4.85. The van der Waals surface area contributed by atoms with E-state index in [-0.39, 0.29) is 0 Å². The Kier molecular flexibility index (Phi) is 3.68. The number of benzene rings is 1. The van der Waals surface area contributed by atoms with E-state index in [0.29, 0.717) is 18.2 Å². The van der Waals surface area contributed by atoms with Crippen LogP contribution in [0.4, 0.5) is 11.4 Å². The molecule has 3 rings (SSSR count). The van der Waals surface area contributed by atoms with Crippen molar-refractivity contribution in [1.82, 2.24) is 0 Å². The van der Waals surface area contributed by atoms with Gasteiger partial charge >= 0.3 is 0 Å². The molecule has 2 N–H and O–H groups in total. The number of hydrogen-bond donors (Lipinski definition) is 1. The van der Waals surface area contributed by atoms with E-state index < -0.39 is 0 Å². The van der Waals surface area contributed by atoms with E-state index in [0.717, 1.165) is 29.9 Å². The number of carbonyl (C=O) groups excluding carboxylic acids is 1. The molecule has 0 saturated heterocycles. The zero-order valence-corrected chi connectivity index (χ0v) is 12.3. The Bertz CT molecular complexity index is 518. The van der Waals surface area contributed by atoms with Crippen LogP contribution in [0.2, 0.25) is 0 Å². The molecule has 1 fully saturated rings. The fourth-order valence-corrected chi connectivity index (χ4v) is 3.58. The number of nitrogens with two attached hydrogens (primary N) is 1. The molecule has 2 aliphatic rings. The molecular formula is C17H24N2O. The Labute approximate surface area is 121 Å². The molecule has 1 aromatic carbocycles. The maximum atomic E-state index is 12.6. The van der Waals surface area contributed by atoms with Gasteiger partial charge in [0.1, 0.15) is 0 Å². The lowest BCUT2D eigenvalue weighted by Crippen LogP contribution is -2.31. The van der Waals surface area contributed by atoms with Crippen LogP contribution in [0.1, 0.15) is 49.7 Å². The maximum absolute atomic E-state index is 12.6. The van der Waals surface area contributed by atoms with Crippen LogP contribution < -0.4 is 10.6 Å². The van der Waals surface area contributed by atoms with Gasteiger partial charge in [0.15, 0.2) is 0 Å². The summed E-state index contributed by atoms with van der Waals surface area (Å²) in [5, 5.41) is 0. The second kappa shape index (κ2) is 5.47. The SMILES string of the molecule is Cc1cc2c(cc1N)N(C(=O)CC1CCCCC1)CC2. The van der Waals surface area contributed by atoms with Crippen molar-refractivity contribution < 1.29 is 4.79 Å². The van der Waals surface area contributed by atoms with Crippen LogP contribution in [0, 0.1) is 12.8 Å². The fraction of sp³-hybridized carbons (Fsp3) is 0.588. The van der Waals surface area contributed by atoms with Crippen molar-refractivity contribution in [2.75, 3.05) is 17.2 Å². The number of amides is 1. The number of rotatable bonds is 2. The molecule has 3 heteroatoms. The number of carbonyl (C=O) groups is 1. The van der Waals surface area contributed by atoms with Gasteiger partial charge in [-0.1, -0.05) is 25.3 Å². The molecule has 0 unspecified atom stereocenters. The van der Waals surface area contributed by atoms with E-state index in [2.05, 4.69) is 6.07 Å². The Morgan fingerprint density at radius 3 is 2.80 bits per heavy atom. The van der Waals surface area contributed by atoms with Crippen molar-refractivity contribution >= 4 is 17.3 Å². The second-order valence-corrected chi connectivity index (χ2v) is 6.34. The molecule has 1 amide bonds. The third kappa shape index (κ3) is 2.54. The first-order valence-corrected chi connectivity index (χ1v) is 7.84. The molecule has 1 aliphatic heterocycles. The molecule has 0 bridgehead atoms. The number of fused-ring (bicyclic) bond motifs is 1. The summed E-state index contributed by atoms with van der Waals surface area (Å²) in [5.41, 5.74) is 10.2. The van der Waals surface area contributed by atoms with Crippen LogP contribution in [-0.4, -0.2) is 12.5 Å². The van der Waals surface area contributed by atoms with Crippen molar-refractivity contribution in [2.45, 2.75) is 51.9 Å². The van der Waals surface area contributed by atoms with E-state index in [4.69, 9.17) is 5.73 Å². The molecule has 1 saturated carbocycles. The number of nitrogen functional groups attached to an aromatic ring is 1. The smallest absolute Gasteiger partial charge is 0.227 e. The van der Waals surface area contributed by atoms with Crippen LogP contribution in [0.3, 0.4) is 0 Å². The molecule has 20 heavy (non-hydrogen) atoms. The Hall–Kier alpha value is -1.51. The lowest BCUT2D eigenvalue weighted by atomic mass is 9.86. The Balaban J connectivity index is 1.73. The highest BCUT2D eigenvalue weighted by Crippen LogP contribution is 2.34. The predicted molar refractivity (Wildman–Crippen MR) is 82.8 cm³/mol. The number of hydrogen-bond acceptors (Lipinski definition) is 2. The quantitative estimate of drug-likeness (QED) is 0.838. The number of nitrogens with zero attached hydrogens (tertiary/aromatic N) is 1. The zero-order chi connectivity index (χ0) is 14.1. The molecule has 0 radical (unpaired) electrons. The van der Waals surface area contributed by atoms with E-state index in [1.807, 2.05) is 17.9 Å². The zero-order valence-electron chi connectivity index (χ0n) is 12.3. The standard InChI is InChI=1S/C17H24N2O/c1-12-9-14-7-8-19(16(14)11-15(12)18)17(20)10-13-5-3-2-4-6-13/h9,11,13H,2-8,10,18H2,1H3. The Morgan fingerprint density at radius 1 is 1.30 bits per heavy atom. The summed E-state index contributed by atoms with van der Waals surface area (Å²) in [6, 6.07) is 4.12. The average molecular weight is 272 g/mol. The maximum Gasteiger partial charge on any atom is 0.227 e. The summed E-state index contributed by atoms with van der Waals surface area (Å²) in [7, 11) is 0. The van der Waals surface area contributed by atoms with Gasteiger partial charge in [0.05, 0.1) is 0 Å². The van der Waals surface area contributed by atoms with E-state index in [9.17, 15) is 4.79 Å². The highest BCUT2D eigenvalue weighted by molar-refractivity contribution is 5.96. The van der Waals surface area contributed by atoms with Gasteiger partial charge in [0, 0.05) is 24.3 Å². The van der Waals surface area contributed by atoms with Gasteiger partial charge in [0.2, 0.25) is 5.91 Å². The molecular weight excluding hydrogens is 248 g/mol. The van der Waals surface area contributed by atoms with Gasteiger partial charge in [0.25, 0.3) is 0 Å². The van der Waals surface area contributed by atoms with Crippen LogP contribution in [-0.2, 0) is 11.2 Å². The first-order chi connectivity index (χ1) is 9.65. The summed E-state index contributed by atoms with van der Waals surface area (Å²) in [6.07, 6.45) is 8.05. The first kappa shape index (κ1) is 13.5. The van der Waals surface area contributed by atoms with E-state index in [1.54, 1.807) is 0 Å². The minimum absolute atomic E-state index is 0.291. The van der Waals surface area contributed by atoms with Gasteiger partial charge in [-0.25, -0.2) is 0 Å². The third-order valence-corrected chi connectivity index (χ3v) is 4.85. The summed E-state index contributed by atoms with van der Waals surface area (Å²) >= 11 is 0. The van der Waals surface area contributed by atoms with Gasteiger partial charge < -0.3 is 10.6 Å². The van der Waals surface area contributed by atoms with Crippen LogP contribution in [0.15, 0.2) is 12.1 Å². The average Bonchev–Trinajstić information content (AvgIpc) is 2.83. The van der Waals surface area contributed by atoms with Crippen molar-refractivity contribution in [3.8, 4) is 0 Å². The normalized spacial score (nSPS) is 19.1. The molecule has 108 valence electrons. The van der Waals surface area contributed by atoms with E-state index >= 15 is 0 Å². The molecule has 0 spiro atoms. The number of anilines is 2. The van der Waals surface area contributed by atoms with Crippen molar-refractivity contribution in [3.05, 3.63) is 23.3 Å². The van der Waals surface area contributed by atoms with Crippen molar-refractivity contribution in [2.24, 2.45) is 5.92 Å². The van der Waals surface area contributed by atoms with Crippen LogP contribution in [0.25, 0.3) is 0 Å². The highest BCUT2D eigenvalue weighted by Gasteiger charge is 2.27. The van der Waals surface area contributed by atoms with Crippen LogP contribution >= 0.6 is 0 Å². The van der Waals surface area contributed by atoms with Gasteiger partial charge in [-0.2, -0.15) is 0 Å². The summed E-state index contributed by atoms with van der Waals surface area (Å²) in [4.78, 5) is 14.5. The van der Waals surface area contributed by atoms with Gasteiger partial charge in [-0.3, -0.25) is 4.79 Å². The monoisotopic (exact) mass is 272 g/mol. The summed E-state index contributed by atoms with van der Waals surface area (Å²) < 4.78 is 0. The minimum atomic E-state index is 0.291. The first-order valence-electron chi connectivity index (χ1n) is 7.84. The largest absolute Gasteiger partial charge is 0.398 e. The Morgan fingerprint density at radius 2 is 2.05 bits per heavy atom. The highest BCUT2D eigenvalue weighted by atomic mass is 16.2. The van der Waals surface area contributed by atoms with Gasteiger partial charge in [-0.15, -0.1) is 0 Å². The molecule has 0 atom stereocenters. The minimum Gasteiger partial charge on any atom is -0.398 e. The second-order valence-electron chi connectivity index (χ2n) is 6.34. The molecule has 1 aliphatic carbocycles. The molecule has 1 heterocycles. The molecule has 1 aromatic rings. The molecule has 0 aromatic heterocycles. The van der Waals surface area contributed by atoms with E-state index in [1.165, 1.54) is 37.7 Å². The van der Waals surface area contributed by atoms with Gasteiger partial charge in [-0.05, 0) is 49.3 Å². The fourth-order valence-electron chi connectivity index (χ4n) is 3.58. The topological polar surface area (TPSA) is 46.3 Å². The number of aryl methyl sites for hydroxylation is 1. The van der Waals surface area contributed by atoms with Crippen molar-refractivity contribution in [1.29, 1.82) is 0 Å². The lowest BCUT2D eigenvalue weighted by molar-refractivity contribution is -0.119. The summed E-state index contributed by atoms with van der Waals surface area (Å²) in [5.74, 6) is 0.891. The summed E-state index contributed by atoms with van der Waals surface area (Å²) in [6.45, 7) is 2.85. The van der Waals surface area contributed by atoms with Crippen molar-refractivity contribution in [3.63, 3.8) is 0 Å².